The second kappa shape index (κ2) is 7.91. The van der Waals surface area contributed by atoms with Crippen LogP contribution < -0.4 is 5.32 Å². The second-order valence-electron chi connectivity index (χ2n) is 5.19. The summed E-state index contributed by atoms with van der Waals surface area (Å²) in [6.45, 7) is 1.80. The molecule has 0 saturated carbocycles. The summed E-state index contributed by atoms with van der Waals surface area (Å²) in [7, 11) is 0. The van der Waals surface area contributed by atoms with Gasteiger partial charge in [-0.05, 0) is 37.3 Å². The zero-order valence-electron chi connectivity index (χ0n) is 13.2. The van der Waals surface area contributed by atoms with Gasteiger partial charge < -0.3 is 5.32 Å². The molecule has 0 spiro atoms. The number of carbonyl (C=O) groups excluding carboxylic acids is 1. The van der Waals surface area contributed by atoms with E-state index in [1.54, 1.807) is 31.5 Å². The molecule has 0 fully saturated rings. The molecule has 3 aromatic rings. The van der Waals surface area contributed by atoms with Crippen LogP contribution in [0, 0.1) is 0 Å². The summed E-state index contributed by atoms with van der Waals surface area (Å²) in [5.41, 5.74) is 1.45. The highest BCUT2D eigenvalue weighted by molar-refractivity contribution is 8.00. The Bertz CT molecular complexity index is 885. The number of rotatable bonds is 5. The molecule has 1 aromatic heterocycles. The molecule has 0 saturated heterocycles. The fourth-order valence-corrected chi connectivity index (χ4v) is 3.41. The van der Waals surface area contributed by atoms with Crippen molar-refractivity contribution in [1.29, 1.82) is 0 Å². The maximum Gasteiger partial charge on any atom is 0.237 e. The first-order valence-electron chi connectivity index (χ1n) is 7.42. The molecule has 0 aliphatic rings. The van der Waals surface area contributed by atoms with Gasteiger partial charge in [0.15, 0.2) is 5.16 Å². The zero-order valence-corrected chi connectivity index (χ0v) is 15.5. The van der Waals surface area contributed by atoms with E-state index >= 15 is 0 Å². The molecule has 1 unspecified atom stereocenters. The highest BCUT2D eigenvalue weighted by atomic mass is 35.5. The van der Waals surface area contributed by atoms with Crippen molar-refractivity contribution in [1.82, 2.24) is 14.8 Å². The summed E-state index contributed by atoms with van der Waals surface area (Å²) in [5, 5.41) is 12.0. The van der Waals surface area contributed by atoms with Crippen molar-refractivity contribution >= 4 is 46.6 Å². The largest absolute Gasteiger partial charge is 0.324 e. The van der Waals surface area contributed by atoms with E-state index in [1.807, 2.05) is 34.9 Å². The standard InChI is InChI=1S/C17H14Cl2N4OS/c1-11(16(24)21-15-8-7-12(18)9-14(15)19)25-17-22-20-10-23(17)13-5-3-2-4-6-13/h2-11H,1H3,(H,21,24). The van der Waals surface area contributed by atoms with Crippen molar-refractivity contribution in [2.24, 2.45) is 0 Å². The van der Waals surface area contributed by atoms with Crippen LogP contribution in [0.2, 0.25) is 10.0 Å². The van der Waals surface area contributed by atoms with Gasteiger partial charge in [0.1, 0.15) is 6.33 Å². The summed E-state index contributed by atoms with van der Waals surface area (Å²) < 4.78 is 1.84. The minimum absolute atomic E-state index is 0.183. The molecule has 1 N–H and O–H groups in total. The van der Waals surface area contributed by atoms with Gasteiger partial charge in [-0.25, -0.2) is 0 Å². The van der Waals surface area contributed by atoms with E-state index in [-0.39, 0.29) is 5.91 Å². The Kier molecular flexibility index (Phi) is 5.63. The van der Waals surface area contributed by atoms with Crippen LogP contribution in [0.25, 0.3) is 5.69 Å². The van der Waals surface area contributed by atoms with Gasteiger partial charge in [0.2, 0.25) is 5.91 Å². The van der Waals surface area contributed by atoms with E-state index in [1.165, 1.54) is 11.8 Å². The molecule has 1 amide bonds. The Morgan fingerprint density at radius 3 is 2.68 bits per heavy atom. The third-order valence-electron chi connectivity index (χ3n) is 3.39. The molecule has 0 bridgehead atoms. The van der Waals surface area contributed by atoms with Crippen LogP contribution in [0.15, 0.2) is 60.0 Å². The number of nitrogens with one attached hydrogen (secondary N) is 1. The summed E-state index contributed by atoms with van der Waals surface area (Å²) in [4.78, 5) is 12.4. The molecule has 128 valence electrons. The zero-order chi connectivity index (χ0) is 17.8. The molecule has 0 aliphatic carbocycles. The maximum absolute atomic E-state index is 12.4. The molecular weight excluding hydrogens is 379 g/mol. The molecule has 1 atom stereocenters. The first-order valence-corrected chi connectivity index (χ1v) is 9.06. The monoisotopic (exact) mass is 392 g/mol. The average Bonchev–Trinajstić information content (AvgIpc) is 3.06. The highest BCUT2D eigenvalue weighted by Gasteiger charge is 2.19. The number of benzene rings is 2. The molecule has 5 nitrogen and oxygen atoms in total. The van der Waals surface area contributed by atoms with Gasteiger partial charge in [-0.15, -0.1) is 10.2 Å². The summed E-state index contributed by atoms with van der Waals surface area (Å²) >= 11 is 13.3. The van der Waals surface area contributed by atoms with Gasteiger partial charge in [-0.3, -0.25) is 9.36 Å². The molecule has 8 heteroatoms. The van der Waals surface area contributed by atoms with E-state index in [0.29, 0.717) is 20.9 Å². The van der Waals surface area contributed by atoms with Gasteiger partial charge in [-0.2, -0.15) is 0 Å². The fourth-order valence-electron chi connectivity index (χ4n) is 2.11. The average molecular weight is 393 g/mol. The predicted molar refractivity (Wildman–Crippen MR) is 102 cm³/mol. The van der Waals surface area contributed by atoms with Crippen LogP contribution in [-0.4, -0.2) is 25.9 Å². The molecule has 0 aliphatic heterocycles. The Balaban J connectivity index is 1.71. The number of carbonyl (C=O) groups is 1. The third-order valence-corrected chi connectivity index (χ3v) is 5.00. The van der Waals surface area contributed by atoms with Crippen molar-refractivity contribution in [3.8, 4) is 5.69 Å². The number of para-hydroxylation sites is 1. The van der Waals surface area contributed by atoms with E-state index in [0.717, 1.165) is 5.69 Å². The van der Waals surface area contributed by atoms with Gasteiger partial charge in [0.05, 0.1) is 16.0 Å². The van der Waals surface area contributed by atoms with Gasteiger partial charge in [0, 0.05) is 10.7 Å². The van der Waals surface area contributed by atoms with Crippen LogP contribution in [0.5, 0.6) is 0 Å². The Labute approximate surface area is 159 Å². The lowest BCUT2D eigenvalue weighted by Crippen LogP contribution is -2.23. The number of thioether (sulfide) groups is 1. The van der Waals surface area contributed by atoms with E-state index < -0.39 is 5.25 Å². The third kappa shape index (κ3) is 4.34. The van der Waals surface area contributed by atoms with Crippen LogP contribution in [0.4, 0.5) is 5.69 Å². The number of anilines is 1. The Hall–Kier alpha value is -2.02. The minimum atomic E-state index is -0.390. The Morgan fingerprint density at radius 2 is 1.96 bits per heavy atom. The van der Waals surface area contributed by atoms with E-state index in [9.17, 15) is 4.79 Å². The molecule has 25 heavy (non-hydrogen) atoms. The fraction of sp³-hybridized carbons (Fsp3) is 0.118. The van der Waals surface area contributed by atoms with Crippen molar-refractivity contribution < 1.29 is 4.79 Å². The SMILES string of the molecule is CC(Sc1nncn1-c1ccccc1)C(=O)Nc1ccc(Cl)cc1Cl. The molecule has 3 rings (SSSR count). The predicted octanol–water partition coefficient (Wildman–Crippen LogP) is 4.69. The molecule has 2 aromatic carbocycles. The summed E-state index contributed by atoms with van der Waals surface area (Å²) in [6.07, 6.45) is 1.62. The van der Waals surface area contributed by atoms with Gasteiger partial charge >= 0.3 is 0 Å². The number of amides is 1. The van der Waals surface area contributed by atoms with Crippen molar-refractivity contribution in [2.45, 2.75) is 17.3 Å². The van der Waals surface area contributed by atoms with Crippen LogP contribution in [0.3, 0.4) is 0 Å². The number of halogens is 2. The summed E-state index contributed by atoms with van der Waals surface area (Å²) in [6, 6.07) is 14.6. The molecule has 0 radical (unpaired) electrons. The van der Waals surface area contributed by atoms with Crippen molar-refractivity contribution in [3.05, 3.63) is 64.9 Å². The van der Waals surface area contributed by atoms with Gasteiger partial charge in [-0.1, -0.05) is 53.2 Å². The highest BCUT2D eigenvalue weighted by Crippen LogP contribution is 2.28. The van der Waals surface area contributed by atoms with E-state index in [4.69, 9.17) is 23.2 Å². The van der Waals surface area contributed by atoms with Crippen LogP contribution >= 0.6 is 35.0 Å². The summed E-state index contributed by atoms with van der Waals surface area (Å²) in [5.74, 6) is -0.183. The van der Waals surface area contributed by atoms with Crippen LogP contribution in [-0.2, 0) is 4.79 Å². The van der Waals surface area contributed by atoms with Gasteiger partial charge in [0.25, 0.3) is 0 Å². The topological polar surface area (TPSA) is 59.8 Å². The van der Waals surface area contributed by atoms with Crippen molar-refractivity contribution in [3.63, 3.8) is 0 Å². The maximum atomic E-state index is 12.4. The molecular formula is C17H14Cl2N4OS. The normalized spacial score (nSPS) is 12.0. The van der Waals surface area contributed by atoms with E-state index in [2.05, 4.69) is 15.5 Å². The second-order valence-corrected chi connectivity index (χ2v) is 7.34. The molecule has 1 heterocycles. The number of nitrogens with zero attached hydrogens (tertiary/aromatic N) is 3. The smallest absolute Gasteiger partial charge is 0.237 e. The first kappa shape index (κ1) is 17.8. The number of hydrogen-bond acceptors (Lipinski definition) is 4. The number of aromatic nitrogens is 3. The first-order chi connectivity index (χ1) is 12.0. The van der Waals surface area contributed by atoms with Crippen LogP contribution in [0.1, 0.15) is 6.92 Å². The minimum Gasteiger partial charge on any atom is -0.324 e. The lowest BCUT2D eigenvalue weighted by molar-refractivity contribution is -0.115. The lowest BCUT2D eigenvalue weighted by atomic mass is 10.3. The lowest BCUT2D eigenvalue weighted by Gasteiger charge is -2.13. The number of hydrogen-bond donors (Lipinski definition) is 1. The quantitative estimate of drug-likeness (QED) is 0.639. The Morgan fingerprint density at radius 1 is 1.20 bits per heavy atom. The van der Waals surface area contributed by atoms with Crippen molar-refractivity contribution in [2.75, 3.05) is 5.32 Å².